The minimum atomic E-state index is -1.19. The van der Waals surface area contributed by atoms with Gasteiger partial charge in [-0.05, 0) is 40.8 Å². The second-order valence-electron chi connectivity index (χ2n) is 8.81. The number of aliphatic hydroxyl groups is 2. The number of rotatable bonds is 16. The largest absolute Gasteiger partial charge is 0.493 e. The zero-order valence-corrected chi connectivity index (χ0v) is 21.8. The van der Waals surface area contributed by atoms with E-state index in [1.165, 1.54) is 18.2 Å². The predicted octanol–water partition coefficient (Wildman–Crippen LogP) is 4.27. The number of halogens is 1. The van der Waals surface area contributed by atoms with Crippen LogP contribution in [-0.2, 0) is 14.3 Å². The Kier molecular flexibility index (Phi) is 12.5. The zero-order valence-electron chi connectivity index (χ0n) is 21.8. The number of carbonyl (C=O) groups is 1. The van der Waals surface area contributed by atoms with Gasteiger partial charge in [-0.25, -0.2) is 4.39 Å². The van der Waals surface area contributed by atoms with Gasteiger partial charge in [0.25, 0.3) is 0 Å². The van der Waals surface area contributed by atoms with E-state index >= 15 is 0 Å². The Labute approximate surface area is 217 Å². The lowest BCUT2D eigenvalue weighted by Gasteiger charge is -2.23. The molecule has 2 rings (SSSR count). The van der Waals surface area contributed by atoms with Crippen LogP contribution in [-0.4, -0.2) is 74.1 Å². The summed E-state index contributed by atoms with van der Waals surface area (Å²) in [5.41, 5.74) is 2.95. The lowest BCUT2D eigenvalue weighted by atomic mass is 9.88. The summed E-state index contributed by atoms with van der Waals surface area (Å²) in [7, 11) is 3.13. The topological polar surface area (TPSA) is 115 Å². The molecule has 0 aliphatic carbocycles. The van der Waals surface area contributed by atoms with Crippen LogP contribution in [0.15, 0.2) is 36.4 Å². The van der Waals surface area contributed by atoms with E-state index in [0.29, 0.717) is 42.4 Å². The van der Waals surface area contributed by atoms with Crippen molar-refractivity contribution in [1.29, 1.82) is 0 Å². The molecule has 2 aromatic carbocycles. The average molecular weight is 521 g/mol. The number of aliphatic carboxylic acids is 1. The zero-order chi connectivity index (χ0) is 27.4. The molecule has 0 aliphatic heterocycles. The molecule has 2 atom stereocenters. The quantitative estimate of drug-likeness (QED) is 0.281. The summed E-state index contributed by atoms with van der Waals surface area (Å²) in [6.45, 7) is 5.45. The van der Waals surface area contributed by atoms with E-state index in [-0.39, 0.29) is 24.8 Å². The molecular formula is C28H37FO8. The fraction of sp³-hybridized carbons (Fsp3) is 0.464. The van der Waals surface area contributed by atoms with E-state index in [4.69, 9.17) is 24.1 Å². The van der Waals surface area contributed by atoms with Gasteiger partial charge >= 0.3 is 5.97 Å². The lowest BCUT2D eigenvalue weighted by Crippen LogP contribution is -2.19. The van der Waals surface area contributed by atoms with Gasteiger partial charge in [-0.2, -0.15) is 0 Å². The highest BCUT2D eigenvalue weighted by atomic mass is 19.1. The number of carboxylic acids is 1. The Morgan fingerprint density at radius 2 is 1.73 bits per heavy atom. The van der Waals surface area contributed by atoms with Crippen LogP contribution in [0.2, 0.25) is 0 Å². The molecule has 0 aliphatic rings. The molecule has 0 bridgehead atoms. The van der Waals surface area contributed by atoms with Gasteiger partial charge in [-0.3, -0.25) is 4.79 Å². The summed E-state index contributed by atoms with van der Waals surface area (Å²) in [6, 6.07) is 7.85. The highest BCUT2D eigenvalue weighted by molar-refractivity contribution is 5.85. The van der Waals surface area contributed by atoms with Crippen LogP contribution in [0.4, 0.5) is 4.39 Å². The van der Waals surface area contributed by atoms with E-state index in [2.05, 4.69) is 0 Å². The maximum atomic E-state index is 13.8. The number of ether oxygens (including phenoxy) is 4. The highest BCUT2D eigenvalue weighted by Crippen LogP contribution is 2.45. The maximum absolute atomic E-state index is 13.8. The predicted molar refractivity (Wildman–Crippen MR) is 139 cm³/mol. The summed E-state index contributed by atoms with van der Waals surface area (Å²) < 4.78 is 36.1. The molecule has 8 nitrogen and oxygen atoms in total. The van der Waals surface area contributed by atoms with E-state index < -0.39 is 24.6 Å². The summed E-state index contributed by atoms with van der Waals surface area (Å²) in [4.78, 5) is 10.8. The van der Waals surface area contributed by atoms with E-state index in [1.807, 2.05) is 19.9 Å². The molecule has 9 heteroatoms. The lowest BCUT2D eigenvalue weighted by molar-refractivity contribution is -0.139. The van der Waals surface area contributed by atoms with Crippen molar-refractivity contribution in [3.63, 3.8) is 0 Å². The first kappa shape index (κ1) is 30.2. The Balaban J connectivity index is 2.54. The van der Waals surface area contributed by atoms with Crippen LogP contribution in [0, 0.1) is 5.82 Å². The molecule has 0 aromatic heterocycles. The van der Waals surface area contributed by atoms with Gasteiger partial charge in [0.1, 0.15) is 12.4 Å². The van der Waals surface area contributed by atoms with Crippen molar-refractivity contribution in [3.8, 4) is 22.6 Å². The SMILES string of the molecule is COCCOCCOc1c(OC)cc(C(C)C)c(/C=C/C(O)CC(O)CC(=O)O)c1-c1ccc(F)cc1. The van der Waals surface area contributed by atoms with Crippen molar-refractivity contribution >= 4 is 12.0 Å². The number of hydrogen-bond donors (Lipinski definition) is 3. The first-order valence-electron chi connectivity index (χ1n) is 12.1. The molecule has 0 saturated heterocycles. The summed E-state index contributed by atoms with van der Waals surface area (Å²) in [6.07, 6.45) is 0.346. The monoisotopic (exact) mass is 520 g/mol. The number of benzene rings is 2. The summed E-state index contributed by atoms with van der Waals surface area (Å²) >= 11 is 0. The van der Waals surface area contributed by atoms with Crippen molar-refractivity contribution in [2.75, 3.05) is 40.6 Å². The van der Waals surface area contributed by atoms with Crippen molar-refractivity contribution in [2.45, 2.75) is 44.8 Å². The van der Waals surface area contributed by atoms with Crippen LogP contribution in [0.3, 0.4) is 0 Å². The minimum Gasteiger partial charge on any atom is -0.493 e. The molecule has 2 unspecified atom stereocenters. The molecule has 3 N–H and O–H groups in total. The molecule has 0 amide bonds. The fourth-order valence-corrected chi connectivity index (χ4v) is 3.83. The Morgan fingerprint density at radius 1 is 1.05 bits per heavy atom. The van der Waals surface area contributed by atoms with E-state index in [1.54, 1.807) is 32.4 Å². The molecule has 204 valence electrons. The third-order valence-electron chi connectivity index (χ3n) is 5.61. The molecule has 0 spiro atoms. The Bertz CT molecular complexity index is 1020. The smallest absolute Gasteiger partial charge is 0.305 e. The fourth-order valence-electron chi connectivity index (χ4n) is 3.83. The second-order valence-corrected chi connectivity index (χ2v) is 8.81. The van der Waals surface area contributed by atoms with Crippen molar-refractivity contribution < 1.29 is 43.5 Å². The summed E-state index contributed by atoms with van der Waals surface area (Å²) in [5, 5.41) is 29.2. The van der Waals surface area contributed by atoms with Crippen molar-refractivity contribution in [2.24, 2.45) is 0 Å². The molecule has 37 heavy (non-hydrogen) atoms. The Morgan fingerprint density at radius 3 is 2.32 bits per heavy atom. The van der Waals surface area contributed by atoms with Crippen LogP contribution >= 0.6 is 0 Å². The van der Waals surface area contributed by atoms with Gasteiger partial charge in [-0.1, -0.05) is 38.1 Å². The van der Waals surface area contributed by atoms with Crippen molar-refractivity contribution in [3.05, 3.63) is 53.4 Å². The van der Waals surface area contributed by atoms with Gasteiger partial charge in [0.15, 0.2) is 11.5 Å². The van der Waals surface area contributed by atoms with E-state index in [9.17, 15) is 19.4 Å². The maximum Gasteiger partial charge on any atom is 0.305 e. The van der Waals surface area contributed by atoms with Crippen LogP contribution in [0.1, 0.15) is 43.7 Å². The van der Waals surface area contributed by atoms with E-state index in [0.717, 1.165) is 11.1 Å². The minimum absolute atomic E-state index is 0.0499. The van der Waals surface area contributed by atoms with Gasteiger partial charge in [-0.15, -0.1) is 0 Å². The van der Waals surface area contributed by atoms with Gasteiger partial charge in [0.05, 0.1) is 45.6 Å². The Hall–Kier alpha value is -2.98. The number of hydrogen-bond acceptors (Lipinski definition) is 7. The molecule has 0 saturated carbocycles. The molecular weight excluding hydrogens is 483 g/mol. The second kappa shape index (κ2) is 15.3. The molecule has 2 aromatic rings. The van der Waals surface area contributed by atoms with Crippen LogP contribution in [0.25, 0.3) is 17.2 Å². The number of methoxy groups -OCH3 is 2. The third-order valence-corrected chi connectivity index (χ3v) is 5.61. The van der Waals surface area contributed by atoms with Gasteiger partial charge < -0.3 is 34.3 Å². The first-order valence-corrected chi connectivity index (χ1v) is 12.1. The number of carboxylic acid groups (broad SMARTS) is 1. The standard InChI is InChI=1S/C28H37FO8/c1-18(2)24-17-25(35-4)28(37-14-13-36-12-11-34-3)27(19-5-7-20(29)8-6-19)23(24)10-9-21(30)15-22(31)16-26(32)33/h5-10,17-18,21-22,30-31H,11-16H2,1-4H3,(H,32,33)/b10-9+. The molecule has 0 heterocycles. The average Bonchev–Trinajstić information content (AvgIpc) is 2.84. The first-order chi connectivity index (χ1) is 17.7. The molecule has 0 fully saturated rings. The third kappa shape index (κ3) is 9.44. The highest BCUT2D eigenvalue weighted by Gasteiger charge is 2.22. The number of aliphatic hydroxyl groups excluding tert-OH is 2. The summed E-state index contributed by atoms with van der Waals surface area (Å²) in [5.74, 6) is -0.547. The molecule has 0 radical (unpaired) electrons. The normalized spacial score (nSPS) is 13.2. The van der Waals surface area contributed by atoms with Crippen LogP contribution in [0.5, 0.6) is 11.5 Å². The van der Waals surface area contributed by atoms with Crippen LogP contribution < -0.4 is 9.47 Å². The van der Waals surface area contributed by atoms with Gasteiger partial charge in [0, 0.05) is 19.1 Å². The van der Waals surface area contributed by atoms with Gasteiger partial charge in [0.2, 0.25) is 0 Å². The van der Waals surface area contributed by atoms with Crippen molar-refractivity contribution in [1.82, 2.24) is 0 Å².